The summed E-state index contributed by atoms with van der Waals surface area (Å²) in [5.41, 5.74) is 7.43. The van der Waals surface area contributed by atoms with Crippen molar-refractivity contribution in [1.82, 2.24) is 10.3 Å². The maximum absolute atomic E-state index is 12.0. The lowest BCUT2D eigenvalue weighted by Gasteiger charge is -2.22. The van der Waals surface area contributed by atoms with Gasteiger partial charge in [0.05, 0.1) is 0 Å². The standard InChI is InChI=1S/C13H17N3O2/c1-13(2,6-14)7-15-12(17)9-3-4-10-11(5-9)18-8-16-10/h3-5,8H,6-7,14H2,1-2H3,(H,15,17). The SMILES string of the molecule is CC(C)(CN)CNC(=O)c1ccc2ncoc2c1. The van der Waals surface area contributed by atoms with Gasteiger partial charge in [-0.25, -0.2) is 4.98 Å². The summed E-state index contributed by atoms with van der Waals surface area (Å²) in [6.45, 7) is 5.07. The maximum Gasteiger partial charge on any atom is 0.251 e. The Labute approximate surface area is 105 Å². The van der Waals surface area contributed by atoms with Gasteiger partial charge < -0.3 is 15.5 Å². The Kier molecular flexibility index (Phi) is 3.34. The Balaban J connectivity index is 2.08. The first-order valence-electron chi connectivity index (χ1n) is 5.83. The second kappa shape index (κ2) is 4.78. The average Bonchev–Trinajstić information content (AvgIpc) is 2.83. The van der Waals surface area contributed by atoms with Crippen molar-refractivity contribution in [3.05, 3.63) is 30.2 Å². The van der Waals surface area contributed by atoms with Gasteiger partial charge in [-0.2, -0.15) is 0 Å². The predicted octanol–water partition coefficient (Wildman–Crippen LogP) is 1.54. The number of hydrogen-bond acceptors (Lipinski definition) is 4. The van der Waals surface area contributed by atoms with Gasteiger partial charge in [-0.15, -0.1) is 0 Å². The molecule has 5 nitrogen and oxygen atoms in total. The number of benzene rings is 1. The number of carbonyl (C=O) groups excluding carboxylic acids is 1. The summed E-state index contributed by atoms with van der Waals surface area (Å²) in [7, 11) is 0. The van der Waals surface area contributed by atoms with E-state index in [1.54, 1.807) is 18.2 Å². The number of nitrogens with zero attached hydrogens (tertiary/aromatic N) is 1. The molecular formula is C13H17N3O2. The molecule has 0 aliphatic rings. The van der Waals surface area contributed by atoms with Gasteiger partial charge in [0.25, 0.3) is 5.91 Å². The van der Waals surface area contributed by atoms with E-state index in [9.17, 15) is 4.79 Å². The number of amides is 1. The van der Waals surface area contributed by atoms with E-state index in [4.69, 9.17) is 10.2 Å². The highest BCUT2D eigenvalue weighted by Gasteiger charge is 2.17. The normalized spacial score (nSPS) is 11.7. The third kappa shape index (κ3) is 2.68. The van der Waals surface area contributed by atoms with Crippen LogP contribution in [0.2, 0.25) is 0 Å². The number of aromatic nitrogens is 1. The molecule has 1 heterocycles. The molecule has 1 aromatic heterocycles. The summed E-state index contributed by atoms with van der Waals surface area (Å²) in [5.74, 6) is -0.130. The monoisotopic (exact) mass is 247 g/mol. The molecule has 0 saturated heterocycles. The first kappa shape index (κ1) is 12.6. The lowest BCUT2D eigenvalue weighted by atomic mass is 9.94. The minimum atomic E-state index is -0.130. The smallest absolute Gasteiger partial charge is 0.251 e. The highest BCUT2D eigenvalue weighted by Crippen LogP contribution is 2.15. The molecule has 0 unspecified atom stereocenters. The predicted molar refractivity (Wildman–Crippen MR) is 69.2 cm³/mol. The number of nitrogens with one attached hydrogen (secondary N) is 1. The number of oxazole rings is 1. The molecular weight excluding hydrogens is 230 g/mol. The van der Waals surface area contributed by atoms with Crippen LogP contribution in [0.4, 0.5) is 0 Å². The Hall–Kier alpha value is -1.88. The summed E-state index contributed by atoms with van der Waals surface area (Å²) in [6.07, 6.45) is 1.36. The molecule has 1 aromatic carbocycles. The van der Waals surface area contributed by atoms with Crippen LogP contribution in [0.5, 0.6) is 0 Å². The lowest BCUT2D eigenvalue weighted by Crippen LogP contribution is -2.38. The van der Waals surface area contributed by atoms with E-state index in [1.807, 2.05) is 13.8 Å². The van der Waals surface area contributed by atoms with Gasteiger partial charge in [0.2, 0.25) is 0 Å². The molecule has 2 rings (SSSR count). The summed E-state index contributed by atoms with van der Waals surface area (Å²) < 4.78 is 5.16. The largest absolute Gasteiger partial charge is 0.443 e. The first-order valence-corrected chi connectivity index (χ1v) is 5.83. The Bertz CT molecular complexity index is 560. The molecule has 0 aliphatic heterocycles. The number of rotatable bonds is 4. The van der Waals surface area contributed by atoms with Crippen molar-refractivity contribution in [2.45, 2.75) is 13.8 Å². The molecule has 5 heteroatoms. The lowest BCUT2D eigenvalue weighted by molar-refractivity contribution is 0.0938. The van der Waals surface area contributed by atoms with Crippen molar-refractivity contribution in [2.24, 2.45) is 11.1 Å². The first-order chi connectivity index (χ1) is 8.52. The number of hydrogen-bond donors (Lipinski definition) is 2. The fraction of sp³-hybridized carbons (Fsp3) is 0.385. The quantitative estimate of drug-likeness (QED) is 0.858. The van der Waals surface area contributed by atoms with E-state index in [0.717, 1.165) is 5.52 Å². The van der Waals surface area contributed by atoms with Crippen molar-refractivity contribution in [2.75, 3.05) is 13.1 Å². The molecule has 0 bridgehead atoms. The van der Waals surface area contributed by atoms with Crippen molar-refractivity contribution < 1.29 is 9.21 Å². The Morgan fingerprint density at radius 2 is 2.28 bits per heavy atom. The zero-order chi connectivity index (χ0) is 13.2. The van der Waals surface area contributed by atoms with Crippen LogP contribution in [-0.2, 0) is 0 Å². The number of fused-ring (bicyclic) bond motifs is 1. The number of nitrogens with two attached hydrogens (primary N) is 1. The zero-order valence-corrected chi connectivity index (χ0v) is 10.6. The van der Waals surface area contributed by atoms with Crippen LogP contribution in [0.25, 0.3) is 11.1 Å². The fourth-order valence-electron chi connectivity index (χ4n) is 1.49. The van der Waals surface area contributed by atoms with Crippen molar-refractivity contribution >= 4 is 17.0 Å². The second-order valence-corrected chi connectivity index (χ2v) is 5.09. The Morgan fingerprint density at radius 1 is 1.50 bits per heavy atom. The van der Waals surface area contributed by atoms with Crippen LogP contribution in [0, 0.1) is 5.41 Å². The highest BCUT2D eigenvalue weighted by atomic mass is 16.3. The van der Waals surface area contributed by atoms with E-state index in [2.05, 4.69) is 10.3 Å². The Morgan fingerprint density at radius 3 is 3.00 bits per heavy atom. The third-order valence-corrected chi connectivity index (χ3v) is 2.87. The van der Waals surface area contributed by atoms with E-state index >= 15 is 0 Å². The van der Waals surface area contributed by atoms with E-state index in [0.29, 0.717) is 24.2 Å². The third-order valence-electron chi connectivity index (χ3n) is 2.87. The van der Waals surface area contributed by atoms with Gasteiger partial charge in [-0.3, -0.25) is 4.79 Å². The highest BCUT2D eigenvalue weighted by molar-refractivity contribution is 5.96. The summed E-state index contributed by atoms with van der Waals surface area (Å²) in [4.78, 5) is 16.0. The van der Waals surface area contributed by atoms with Crippen LogP contribution in [0.3, 0.4) is 0 Å². The molecule has 2 aromatic rings. The van der Waals surface area contributed by atoms with Crippen LogP contribution in [-0.4, -0.2) is 24.0 Å². The summed E-state index contributed by atoms with van der Waals surface area (Å²) >= 11 is 0. The topological polar surface area (TPSA) is 81.1 Å². The molecule has 3 N–H and O–H groups in total. The zero-order valence-electron chi connectivity index (χ0n) is 10.6. The van der Waals surface area contributed by atoms with Gasteiger partial charge in [-0.05, 0) is 30.2 Å². The van der Waals surface area contributed by atoms with Gasteiger partial charge in [0.1, 0.15) is 5.52 Å². The van der Waals surface area contributed by atoms with Crippen LogP contribution in [0.15, 0.2) is 29.0 Å². The van der Waals surface area contributed by atoms with Gasteiger partial charge >= 0.3 is 0 Å². The van der Waals surface area contributed by atoms with Crippen molar-refractivity contribution in [3.8, 4) is 0 Å². The molecule has 0 spiro atoms. The fourth-order valence-corrected chi connectivity index (χ4v) is 1.49. The molecule has 18 heavy (non-hydrogen) atoms. The average molecular weight is 247 g/mol. The van der Waals surface area contributed by atoms with Crippen molar-refractivity contribution in [3.63, 3.8) is 0 Å². The minimum Gasteiger partial charge on any atom is -0.443 e. The van der Waals surface area contributed by atoms with E-state index in [1.165, 1.54) is 6.39 Å². The molecule has 0 fully saturated rings. The summed E-state index contributed by atoms with van der Waals surface area (Å²) in [5, 5.41) is 2.87. The van der Waals surface area contributed by atoms with Gasteiger partial charge in [-0.1, -0.05) is 13.8 Å². The van der Waals surface area contributed by atoms with Crippen LogP contribution >= 0.6 is 0 Å². The van der Waals surface area contributed by atoms with E-state index in [-0.39, 0.29) is 11.3 Å². The second-order valence-electron chi connectivity index (χ2n) is 5.09. The molecule has 0 saturated carbocycles. The number of carbonyl (C=O) groups is 1. The molecule has 96 valence electrons. The van der Waals surface area contributed by atoms with E-state index < -0.39 is 0 Å². The minimum absolute atomic E-state index is 0.105. The van der Waals surface area contributed by atoms with Gasteiger partial charge in [0.15, 0.2) is 12.0 Å². The van der Waals surface area contributed by atoms with Gasteiger partial charge in [0, 0.05) is 12.1 Å². The molecule has 1 amide bonds. The maximum atomic E-state index is 12.0. The van der Waals surface area contributed by atoms with Crippen LogP contribution < -0.4 is 11.1 Å². The molecule has 0 radical (unpaired) electrons. The summed E-state index contributed by atoms with van der Waals surface area (Å²) in [6, 6.07) is 5.19. The van der Waals surface area contributed by atoms with Crippen molar-refractivity contribution in [1.29, 1.82) is 0 Å². The molecule has 0 atom stereocenters. The van der Waals surface area contributed by atoms with Crippen LogP contribution in [0.1, 0.15) is 24.2 Å². The molecule has 0 aliphatic carbocycles.